The summed E-state index contributed by atoms with van der Waals surface area (Å²) in [4.78, 5) is 0. The molecule has 0 saturated heterocycles. The Morgan fingerprint density at radius 1 is 1.60 bits per heavy atom. The molecule has 1 fully saturated rings. The molecule has 0 N–H and O–H groups in total. The van der Waals surface area contributed by atoms with Crippen LogP contribution in [0.25, 0.3) is 0 Å². The molecule has 0 aliphatic heterocycles. The Morgan fingerprint density at radius 2 is 2.50 bits per heavy atom. The van der Waals surface area contributed by atoms with E-state index >= 15 is 0 Å². The third-order valence-electron chi connectivity index (χ3n) is 3.14. The molecule has 0 spiro atoms. The van der Waals surface area contributed by atoms with Crippen molar-refractivity contribution in [3.63, 3.8) is 0 Å². The van der Waals surface area contributed by atoms with E-state index in [2.05, 4.69) is 13.0 Å². The number of rotatable bonds is 1. The van der Waals surface area contributed by atoms with Crippen molar-refractivity contribution in [2.75, 3.05) is 0 Å². The lowest BCUT2D eigenvalue weighted by molar-refractivity contribution is 0.272. The summed E-state index contributed by atoms with van der Waals surface area (Å²) in [5.74, 6) is 2.02. The van der Waals surface area contributed by atoms with E-state index in [0.717, 1.165) is 11.8 Å². The lowest BCUT2D eigenvalue weighted by Gasteiger charge is -2.41. The van der Waals surface area contributed by atoms with E-state index in [4.69, 9.17) is 0 Å². The van der Waals surface area contributed by atoms with Gasteiger partial charge < -0.3 is 0 Å². The summed E-state index contributed by atoms with van der Waals surface area (Å²) in [6, 6.07) is 0. The van der Waals surface area contributed by atoms with Crippen LogP contribution in [0.2, 0.25) is 0 Å². The van der Waals surface area contributed by atoms with Crippen LogP contribution in [0, 0.1) is 11.8 Å². The minimum absolute atomic E-state index is 0.991. The van der Waals surface area contributed by atoms with Crippen LogP contribution in [0.1, 0.15) is 39.0 Å². The molecule has 2 aliphatic rings. The molecule has 1 saturated carbocycles. The zero-order chi connectivity index (χ0) is 6.97. The van der Waals surface area contributed by atoms with Gasteiger partial charge in [0, 0.05) is 0 Å². The van der Waals surface area contributed by atoms with Crippen LogP contribution < -0.4 is 0 Å². The molecule has 0 heteroatoms. The van der Waals surface area contributed by atoms with Gasteiger partial charge in [0.1, 0.15) is 0 Å². The van der Waals surface area contributed by atoms with Crippen LogP contribution in [-0.2, 0) is 0 Å². The zero-order valence-corrected chi connectivity index (χ0v) is 6.77. The third kappa shape index (κ3) is 0.817. The minimum atomic E-state index is 0.991. The fourth-order valence-electron chi connectivity index (χ4n) is 2.44. The Hall–Kier alpha value is -0.260. The molecule has 0 radical (unpaired) electrons. The van der Waals surface area contributed by atoms with Gasteiger partial charge in [-0.3, -0.25) is 0 Å². The van der Waals surface area contributed by atoms with Crippen LogP contribution in [-0.4, -0.2) is 0 Å². The molecule has 0 heterocycles. The van der Waals surface area contributed by atoms with Crippen molar-refractivity contribution < 1.29 is 0 Å². The minimum Gasteiger partial charge on any atom is -0.0848 e. The summed E-state index contributed by atoms with van der Waals surface area (Å²) >= 11 is 0. The zero-order valence-electron chi connectivity index (χ0n) is 6.77. The predicted octanol–water partition coefficient (Wildman–Crippen LogP) is 3.14. The first-order valence-electron chi connectivity index (χ1n) is 4.61. The van der Waals surface area contributed by atoms with E-state index in [-0.39, 0.29) is 0 Å². The number of fused-ring (bicyclic) bond motifs is 1. The van der Waals surface area contributed by atoms with Gasteiger partial charge in [0.2, 0.25) is 0 Å². The first-order chi connectivity index (χ1) is 4.92. The van der Waals surface area contributed by atoms with Crippen molar-refractivity contribution in [1.29, 1.82) is 0 Å². The van der Waals surface area contributed by atoms with Crippen LogP contribution >= 0.6 is 0 Å². The van der Waals surface area contributed by atoms with Gasteiger partial charge in [0.15, 0.2) is 0 Å². The van der Waals surface area contributed by atoms with Crippen LogP contribution in [0.15, 0.2) is 11.6 Å². The summed E-state index contributed by atoms with van der Waals surface area (Å²) in [6.45, 7) is 2.32. The van der Waals surface area contributed by atoms with Gasteiger partial charge in [-0.05, 0) is 43.9 Å². The monoisotopic (exact) mass is 136 g/mol. The van der Waals surface area contributed by atoms with Gasteiger partial charge in [0.05, 0.1) is 0 Å². The second-order valence-corrected chi connectivity index (χ2v) is 3.67. The van der Waals surface area contributed by atoms with E-state index in [1.165, 1.54) is 32.1 Å². The molecule has 0 aromatic rings. The summed E-state index contributed by atoms with van der Waals surface area (Å²) in [6.07, 6.45) is 9.69. The normalized spacial score (nSPS) is 37.9. The number of allylic oxidation sites excluding steroid dienone is 2. The van der Waals surface area contributed by atoms with Gasteiger partial charge in [0.25, 0.3) is 0 Å². The molecule has 0 aromatic heterocycles. The highest BCUT2D eigenvalue weighted by Gasteiger charge is 2.34. The van der Waals surface area contributed by atoms with Crippen LogP contribution in [0.4, 0.5) is 0 Å². The highest BCUT2D eigenvalue weighted by molar-refractivity contribution is 5.21. The van der Waals surface area contributed by atoms with E-state index in [9.17, 15) is 0 Å². The quantitative estimate of drug-likeness (QED) is 0.486. The maximum Gasteiger partial charge on any atom is -0.0195 e. The third-order valence-corrected chi connectivity index (χ3v) is 3.14. The Balaban J connectivity index is 2.05. The molecule has 2 unspecified atom stereocenters. The molecule has 2 aliphatic carbocycles. The van der Waals surface area contributed by atoms with E-state index in [1.54, 1.807) is 0 Å². The number of hydrogen-bond donors (Lipinski definition) is 0. The van der Waals surface area contributed by atoms with Gasteiger partial charge in [-0.1, -0.05) is 18.6 Å². The summed E-state index contributed by atoms with van der Waals surface area (Å²) in [5, 5.41) is 0. The molecular formula is C10H16. The molecule has 0 aromatic carbocycles. The van der Waals surface area contributed by atoms with E-state index in [1.807, 2.05) is 5.57 Å². The molecule has 56 valence electrons. The fourth-order valence-corrected chi connectivity index (χ4v) is 2.44. The van der Waals surface area contributed by atoms with Crippen LogP contribution in [0.5, 0.6) is 0 Å². The highest BCUT2D eigenvalue weighted by Crippen LogP contribution is 2.46. The Bertz CT molecular complexity index is 155. The second kappa shape index (κ2) is 2.41. The molecule has 0 nitrogen and oxygen atoms in total. The summed E-state index contributed by atoms with van der Waals surface area (Å²) in [5.41, 5.74) is 1.81. The highest BCUT2D eigenvalue weighted by atomic mass is 14.4. The average molecular weight is 136 g/mol. The first-order valence-corrected chi connectivity index (χ1v) is 4.61. The predicted molar refractivity (Wildman–Crippen MR) is 43.8 cm³/mol. The lowest BCUT2D eigenvalue weighted by Crippen LogP contribution is -2.28. The summed E-state index contributed by atoms with van der Waals surface area (Å²) < 4.78 is 0. The largest absolute Gasteiger partial charge is 0.0848 e. The number of hydrogen-bond acceptors (Lipinski definition) is 0. The molecule has 0 bridgehead atoms. The molecule has 2 atom stereocenters. The Morgan fingerprint density at radius 3 is 3.20 bits per heavy atom. The van der Waals surface area contributed by atoms with Gasteiger partial charge >= 0.3 is 0 Å². The molecular weight excluding hydrogens is 120 g/mol. The molecule has 2 rings (SSSR count). The maximum absolute atomic E-state index is 2.51. The Labute approximate surface area is 63.3 Å². The fraction of sp³-hybridized carbons (Fsp3) is 0.800. The SMILES string of the molecule is CCC1CC2CCCC=C12. The van der Waals surface area contributed by atoms with Gasteiger partial charge in [-0.15, -0.1) is 0 Å². The van der Waals surface area contributed by atoms with Gasteiger partial charge in [-0.25, -0.2) is 0 Å². The van der Waals surface area contributed by atoms with E-state index < -0.39 is 0 Å². The topological polar surface area (TPSA) is 0 Å². The summed E-state index contributed by atoms with van der Waals surface area (Å²) in [7, 11) is 0. The second-order valence-electron chi connectivity index (χ2n) is 3.67. The molecule has 0 amide bonds. The molecule has 10 heavy (non-hydrogen) atoms. The van der Waals surface area contributed by atoms with Crippen molar-refractivity contribution in [3.8, 4) is 0 Å². The Kier molecular flexibility index (Phi) is 1.55. The standard InChI is InChI=1S/C10H16/c1-2-8-7-9-5-3-4-6-10(8)9/h6,8-9H,2-5,7H2,1H3. The van der Waals surface area contributed by atoms with Crippen molar-refractivity contribution in [3.05, 3.63) is 11.6 Å². The van der Waals surface area contributed by atoms with Gasteiger partial charge in [-0.2, -0.15) is 0 Å². The maximum atomic E-state index is 2.51. The van der Waals surface area contributed by atoms with Crippen molar-refractivity contribution in [2.45, 2.75) is 39.0 Å². The van der Waals surface area contributed by atoms with Crippen molar-refractivity contribution in [1.82, 2.24) is 0 Å². The lowest BCUT2D eigenvalue weighted by atomic mass is 9.64. The average Bonchev–Trinajstić information content (AvgIpc) is 1.92. The van der Waals surface area contributed by atoms with Crippen molar-refractivity contribution in [2.24, 2.45) is 11.8 Å². The first kappa shape index (κ1) is 6.45. The van der Waals surface area contributed by atoms with Crippen molar-refractivity contribution >= 4 is 0 Å². The smallest absolute Gasteiger partial charge is 0.0195 e. The van der Waals surface area contributed by atoms with E-state index in [0.29, 0.717) is 0 Å². The van der Waals surface area contributed by atoms with Crippen LogP contribution in [0.3, 0.4) is 0 Å².